The van der Waals surface area contributed by atoms with Gasteiger partial charge in [0, 0.05) is 30.6 Å². The summed E-state index contributed by atoms with van der Waals surface area (Å²) in [7, 11) is 1.83. The third kappa shape index (κ3) is 2.80. The number of nitrogens with one attached hydrogen (secondary N) is 1. The first-order valence-electron chi connectivity index (χ1n) is 7.45. The highest BCUT2D eigenvalue weighted by Crippen LogP contribution is 2.28. The van der Waals surface area contributed by atoms with Crippen LogP contribution in [0.1, 0.15) is 10.4 Å². The zero-order valence-corrected chi connectivity index (χ0v) is 13.2. The standard InChI is InChI=1S/C17H13N5O3/c1-22-9-11(8-18-22)14-15-13(6-7-25-15)20-17(21-14)19-12-4-2-10(3-5-12)16(23)24/h2-9H,1H3,(H,23,24)(H,19,20,21). The second-order valence-electron chi connectivity index (χ2n) is 5.44. The van der Waals surface area contributed by atoms with Crippen molar-refractivity contribution in [2.45, 2.75) is 0 Å². The van der Waals surface area contributed by atoms with Gasteiger partial charge < -0.3 is 14.8 Å². The maximum Gasteiger partial charge on any atom is 0.335 e. The van der Waals surface area contributed by atoms with Gasteiger partial charge in [-0.2, -0.15) is 5.10 Å². The number of benzene rings is 1. The number of furan rings is 1. The van der Waals surface area contributed by atoms with E-state index in [1.165, 1.54) is 12.1 Å². The monoisotopic (exact) mass is 335 g/mol. The van der Waals surface area contributed by atoms with Gasteiger partial charge >= 0.3 is 5.97 Å². The number of hydrogen-bond donors (Lipinski definition) is 2. The number of nitrogens with zero attached hydrogens (tertiary/aromatic N) is 4. The van der Waals surface area contributed by atoms with Gasteiger partial charge in [0.25, 0.3) is 0 Å². The molecule has 0 radical (unpaired) electrons. The Hall–Kier alpha value is -3.68. The Balaban J connectivity index is 1.73. The number of hydrogen-bond acceptors (Lipinski definition) is 6. The van der Waals surface area contributed by atoms with Crippen molar-refractivity contribution < 1.29 is 14.3 Å². The zero-order valence-electron chi connectivity index (χ0n) is 13.2. The van der Waals surface area contributed by atoms with Crippen molar-refractivity contribution in [3.05, 3.63) is 54.6 Å². The SMILES string of the molecule is Cn1cc(-c2nc(Nc3ccc(C(=O)O)cc3)nc3ccoc23)cn1. The molecule has 8 heteroatoms. The fraction of sp³-hybridized carbons (Fsp3) is 0.0588. The topological polar surface area (TPSA) is 106 Å². The number of carbonyl (C=O) groups is 1. The first-order valence-corrected chi connectivity index (χ1v) is 7.45. The molecule has 0 amide bonds. The van der Waals surface area contributed by atoms with Gasteiger partial charge in [-0.25, -0.2) is 14.8 Å². The van der Waals surface area contributed by atoms with Crippen LogP contribution in [0.5, 0.6) is 0 Å². The molecule has 3 heterocycles. The van der Waals surface area contributed by atoms with E-state index in [0.29, 0.717) is 28.4 Å². The van der Waals surface area contributed by atoms with E-state index in [-0.39, 0.29) is 5.56 Å². The smallest absolute Gasteiger partial charge is 0.335 e. The van der Waals surface area contributed by atoms with Gasteiger partial charge in [-0.15, -0.1) is 0 Å². The highest BCUT2D eigenvalue weighted by Gasteiger charge is 2.14. The van der Waals surface area contributed by atoms with Crippen LogP contribution in [0.25, 0.3) is 22.4 Å². The molecule has 0 aliphatic carbocycles. The zero-order chi connectivity index (χ0) is 17.4. The number of aromatic nitrogens is 4. The number of aryl methyl sites for hydroxylation is 1. The second-order valence-corrected chi connectivity index (χ2v) is 5.44. The van der Waals surface area contributed by atoms with Crippen molar-refractivity contribution in [2.75, 3.05) is 5.32 Å². The average Bonchev–Trinajstić information content (AvgIpc) is 3.23. The van der Waals surface area contributed by atoms with Gasteiger partial charge in [-0.3, -0.25) is 4.68 Å². The molecule has 0 saturated carbocycles. The molecular formula is C17H13N5O3. The minimum atomic E-state index is -0.971. The Morgan fingerprint density at radius 2 is 2.00 bits per heavy atom. The van der Waals surface area contributed by atoms with Crippen LogP contribution in [0.15, 0.2) is 53.4 Å². The number of fused-ring (bicyclic) bond motifs is 1. The van der Waals surface area contributed by atoms with Crippen LogP contribution in [0.3, 0.4) is 0 Å². The summed E-state index contributed by atoms with van der Waals surface area (Å²) in [4.78, 5) is 19.9. The van der Waals surface area contributed by atoms with E-state index in [4.69, 9.17) is 9.52 Å². The number of anilines is 2. The fourth-order valence-corrected chi connectivity index (χ4v) is 2.48. The summed E-state index contributed by atoms with van der Waals surface area (Å²) in [6, 6.07) is 8.12. The molecule has 0 aliphatic rings. The molecule has 0 bridgehead atoms. The number of carboxylic acids is 1. The van der Waals surface area contributed by atoms with Gasteiger partial charge in [-0.1, -0.05) is 0 Å². The van der Waals surface area contributed by atoms with Crippen LogP contribution in [-0.4, -0.2) is 30.8 Å². The average molecular weight is 335 g/mol. The molecule has 4 rings (SSSR count). The molecule has 124 valence electrons. The number of carboxylic acid groups (broad SMARTS) is 1. The molecule has 4 aromatic rings. The van der Waals surface area contributed by atoms with Crippen molar-refractivity contribution in [3.63, 3.8) is 0 Å². The minimum absolute atomic E-state index is 0.216. The summed E-state index contributed by atoms with van der Waals surface area (Å²) in [6.07, 6.45) is 5.11. The van der Waals surface area contributed by atoms with Crippen molar-refractivity contribution in [3.8, 4) is 11.3 Å². The van der Waals surface area contributed by atoms with Gasteiger partial charge in [-0.05, 0) is 24.3 Å². The first-order chi connectivity index (χ1) is 12.1. The molecule has 0 spiro atoms. The Morgan fingerprint density at radius 3 is 2.68 bits per heavy atom. The molecule has 1 aromatic carbocycles. The van der Waals surface area contributed by atoms with Crippen LogP contribution >= 0.6 is 0 Å². The molecule has 3 aromatic heterocycles. The van der Waals surface area contributed by atoms with E-state index in [0.717, 1.165) is 5.56 Å². The van der Waals surface area contributed by atoms with Crippen LogP contribution in [0, 0.1) is 0 Å². The fourth-order valence-electron chi connectivity index (χ4n) is 2.48. The van der Waals surface area contributed by atoms with E-state index >= 15 is 0 Å². The lowest BCUT2D eigenvalue weighted by Crippen LogP contribution is -2.00. The summed E-state index contributed by atoms with van der Waals surface area (Å²) in [5.41, 5.74) is 3.60. The Labute approximate surface area is 141 Å². The molecule has 0 aliphatic heterocycles. The maximum atomic E-state index is 10.9. The van der Waals surface area contributed by atoms with E-state index < -0.39 is 5.97 Å². The quantitative estimate of drug-likeness (QED) is 0.590. The van der Waals surface area contributed by atoms with E-state index in [1.54, 1.807) is 35.3 Å². The van der Waals surface area contributed by atoms with Crippen LogP contribution in [-0.2, 0) is 7.05 Å². The molecular weight excluding hydrogens is 322 g/mol. The van der Waals surface area contributed by atoms with Gasteiger partial charge in [0.1, 0.15) is 11.2 Å². The molecule has 0 saturated heterocycles. The largest absolute Gasteiger partial charge is 0.478 e. The van der Waals surface area contributed by atoms with Gasteiger partial charge in [0.2, 0.25) is 5.95 Å². The lowest BCUT2D eigenvalue weighted by Gasteiger charge is -2.07. The van der Waals surface area contributed by atoms with E-state index in [2.05, 4.69) is 20.4 Å². The van der Waals surface area contributed by atoms with Crippen LogP contribution in [0.4, 0.5) is 11.6 Å². The van der Waals surface area contributed by atoms with Crippen molar-refractivity contribution in [1.82, 2.24) is 19.7 Å². The van der Waals surface area contributed by atoms with Crippen molar-refractivity contribution in [2.24, 2.45) is 7.05 Å². The third-order valence-corrected chi connectivity index (χ3v) is 3.67. The van der Waals surface area contributed by atoms with E-state index in [9.17, 15) is 4.79 Å². The predicted molar refractivity (Wildman–Crippen MR) is 90.7 cm³/mol. The summed E-state index contributed by atoms with van der Waals surface area (Å²) in [5, 5.41) is 16.2. The molecule has 2 N–H and O–H groups in total. The third-order valence-electron chi connectivity index (χ3n) is 3.67. The summed E-state index contributed by atoms with van der Waals surface area (Å²) < 4.78 is 7.19. The highest BCUT2D eigenvalue weighted by atomic mass is 16.4. The first kappa shape index (κ1) is 14.9. The predicted octanol–water partition coefficient (Wildman–Crippen LogP) is 3.07. The van der Waals surface area contributed by atoms with Crippen LogP contribution < -0.4 is 5.32 Å². The highest BCUT2D eigenvalue weighted by molar-refractivity contribution is 5.89. The number of aromatic carboxylic acids is 1. The van der Waals surface area contributed by atoms with Gasteiger partial charge in [0.15, 0.2) is 5.58 Å². The molecule has 0 unspecified atom stereocenters. The molecule has 8 nitrogen and oxygen atoms in total. The second kappa shape index (κ2) is 5.75. The molecule has 0 fully saturated rings. The Morgan fingerprint density at radius 1 is 1.20 bits per heavy atom. The molecule has 25 heavy (non-hydrogen) atoms. The lowest BCUT2D eigenvalue weighted by molar-refractivity contribution is 0.0697. The van der Waals surface area contributed by atoms with Gasteiger partial charge in [0.05, 0.1) is 18.0 Å². The van der Waals surface area contributed by atoms with Crippen molar-refractivity contribution >= 4 is 28.7 Å². The summed E-state index contributed by atoms with van der Waals surface area (Å²) >= 11 is 0. The Kier molecular flexibility index (Phi) is 3.42. The lowest BCUT2D eigenvalue weighted by atomic mass is 10.2. The summed E-state index contributed by atoms with van der Waals surface area (Å²) in [5.74, 6) is -0.586. The summed E-state index contributed by atoms with van der Waals surface area (Å²) in [6.45, 7) is 0. The normalized spacial score (nSPS) is 10.9. The number of rotatable bonds is 4. The minimum Gasteiger partial charge on any atom is -0.478 e. The maximum absolute atomic E-state index is 10.9. The Bertz CT molecular complexity index is 1070. The van der Waals surface area contributed by atoms with E-state index in [1.807, 2.05) is 13.2 Å². The van der Waals surface area contributed by atoms with Crippen molar-refractivity contribution in [1.29, 1.82) is 0 Å². The van der Waals surface area contributed by atoms with Crippen LogP contribution in [0.2, 0.25) is 0 Å². The molecule has 0 atom stereocenters.